The summed E-state index contributed by atoms with van der Waals surface area (Å²) in [5, 5.41) is 4.10. The summed E-state index contributed by atoms with van der Waals surface area (Å²) < 4.78 is 45.9. The zero-order valence-corrected chi connectivity index (χ0v) is 14.9. The summed E-state index contributed by atoms with van der Waals surface area (Å²) in [6.07, 6.45) is 4.47. The molecule has 1 aliphatic rings. The highest BCUT2D eigenvalue weighted by molar-refractivity contribution is 7.92. The highest BCUT2D eigenvalue weighted by atomic mass is 32.2. The van der Waals surface area contributed by atoms with E-state index in [0.29, 0.717) is 31.1 Å². The van der Waals surface area contributed by atoms with Crippen molar-refractivity contribution in [1.82, 2.24) is 10.0 Å². The Labute approximate surface area is 143 Å². The molecular formula is C17H25FN2O3S. The molecule has 0 saturated heterocycles. The fourth-order valence-electron chi connectivity index (χ4n) is 2.17. The third-order valence-electron chi connectivity index (χ3n) is 3.80. The summed E-state index contributed by atoms with van der Waals surface area (Å²) in [6, 6.07) is 3.96. The van der Waals surface area contributed by atoms with E-state index >= 15 is 0 Å². The molecule has 0 radical (unpaired) electrons. The first-order valence-electron chi connectivity index (χ1n) is 8.17. The molecule has 2 N–H and O–H groups in total. The van der Waals surface area contributed by atoms with Gasteiger partial charge in [-0.1, -0.05) is 12.1 Å². The maximum absolute atomic E-state index is 13.8. The van der Waals surface area contributed by atoms with Gasteiger partial charge in [-0.15, -0.1) is 0 Å². The van der Waals surface area contributed by atoms with Crippen molar-refractivity contribution in [1.29, 1.82) is 0 Å². The van der Waals surface area contributed by atoms with E-state index in [1.165, 1.54) is 6.07 Å². The highest BCUT2D eigenvalue weighted by Crippen LogP contribution is 2.31. The van der Waals surface area contributed by atoms with Crippen molar-refractivity contribution in [2.45, 2.75) is 32.2 Å². The highest BCUT2D eigenvalue weighted by Gasteiger charge is 2.23. The zero-order chi connectivity index (χ0) is 17.6. The van der Waals surface area contributed by atoms with Gasteiger partial charge >= 0.3 is 0 Å². The smallest absolute Gasteiger partial charge is 0.233 e. The predicted octanol–water partition coefficient (Wildman–Crippen LogP) is 2.72. The molecule has 0 aromatic heterocycles. The molecule has 2 rings (SSSR count). The number of benzene rings is 1. The van der Waals surface area contributed by atoms with Gasteiger partial charge in [-0.05, 0) is 63.4 Å². The molecule has 0 amide bonds. The number of nitrogens with one attached hydrogen (secondary N) is 2. The van der Waals surface area contributed by atoms with E-state index in [4.69, 9.17) is 4.74 Å². The van der Waals surface area contributed by atoms with Gasteiger partial charge in [-0.25, -0.2) is 17.5 Å². The molecule has 24 heavy (non-hydrogen) atoms. The van der Waals surface area contributed by atoms with E-state index in [0.717, 1.165) is 18.2 Å². The average molecular weight is 356 g/mol. The third kappa shape index (κ3) is 6.22. The van der Waals surface area contributed by atoms with Crippen molar-refractivity contribution in [2.24, 2.45) is 5.92 Å². The molecule has 1 saturated carbocycles. The van der Waals surface area contributed by atoms with E-state index < -0.39 is 21.9 Å². The molecule has 0 aliphatic heterocycles. The Kier molecular flexibility index (Phi) is 6.77. The van der Waals surface area contributed by atoms with Crippen LogP contribution in [0.15, 0.2) is 29.7 Å². The van der Waals surface area contributed by atoms with Gasteiger partial charge in [0.25, 0.3) is 0 Å². The average Bonchev–Trinajstić information content (AvgIpc) is 3.34. The lowest BCUT2D eigenvalue weighted by Crippen LogP contribution is -2.25. The van der Waals surface area contributed by atoms with E-state index in [-0.39, 0.29) is 5.75 Å². The second-order valence-electron chi connectivity index (χ2n) is 6.09. The largest absolute Gasteiger partial charge is 0.490 e. The lowest BCUT2D eigenvalue weighted by Gasteiger charge is -2.15. The van der Waals surface area contributed by atoms with Gasteiger partial charge < -0.3 is 10.1 Å². The minimum absolute atomic E-state index is 0.176. The molecule has 1 aromatic rings. The molecule has 7 heteroatoms. The van der Waals surface area contributed by atoms with Crippen LogP contribution in [-0.4, -0.2) is 28.6 Å². The third-order valence-corrected chi connectivity index (χ3v) is 5.04. The molecule has 1 aromatic carbocycles. The van der Waals surface area contributed by atoms with Crippen LogP contribution in [0.5, 0.6) is 5.75 Å². The Morgan fingerprint density at radius 2 is 2.17 bits per heavy atom. The van der Waals surface area contributed by atoms with Crippen LogP contribution in [0, 0.1) is 11.7 Å². The van der Waals surface area contributed by atoms with Crippen LogP contribution >= 0.6 is 0 Å². The second kappa shape index (κ2) is 8.60. The van der Waals surface area contributed by atoms with Crippen LogP contribution in [-0.2, 0) is 10.0 Å². The van der Waals surface area contributed by atoms with Crippen LogP contribution in [0.25, 0.3) is 0 Å². The molecular weight excluding hydrogens is 331 g/mol. The molecule has 0 bridgehead atoms. The lowest BCUT2D eigenvalue weighted by molar-refractivity contribution is 0.285. The number of sulfonamides is 1. The Morgan fingerprint density at radius 3 is 2.83 bits per heavy atom. The SMILES string of the molecule is CNCC/C=C/S(=O)(=O)N[C@@H](C)c1ccc(F)c(OCC2CC2)c1. The first kappa shape index (κ1) is 18.9. The van der Waals surface area contributed by atoms with Gasteiger partial charge in [0.15, 0.2) is 11.6 Å². The van der Waals surface area contributed by atoms with Gasteiger partial charge in [0.05, 0.1) is 6.61 Å². The van der Waals surface area contributed by atoms with Crippen molar-refractivity contribution in [3.8, 4) is 5.75 Å². The van der Waals surface area contributed by atoms with Gasteiger partial charge in [0, 0.05) is 11.4 Å². The minimum Gasteiger partial charge on any atom is -0.490 e. The van der Waals surface area contributed by atoms with Crippen LogP contribution in [0.4, 0.5) is 4.39 Å². The number of rotatable bonds is 10. The quantitative estimate of drug-likeness (QED) is 0.633. The van der Waals surface area contributed by atoms with E-state index in [9.17, 15) is 12.8 Å². The van der Waals surface area contributed by atoms with Crippen molar-refractivity contribution in [3.63, 3.8) is 0 Å². The maximum atomic E-state index is 13.8. The Morgan fingerprint density at radius 1 is 1.42 bits per heavy atom. The van der Waals surface area contributed by atoms with Crippen molar-refractivity contribution in [3.05, 3.63) is 41.1 Å². The summed E-state index contributed by atoms with van der Waals surface area (Å²) in [5.41, 5.74) is 0.661. The molecule has 1 atom stereocenters. The summed E-state index contributed by atoms with van der Waals surface area (Å²) in [4.78, 5) is 0. The summed E-state index contributed by atoms with van der Waals surface area (Å²) in [7, 11) is -1.74. The van der Waals surface area contributed by atoms with E-state index in [1.807, 2.05) is 0 Å². The Hall–Kier alpha value is -1.44. The van der Waals surface area contributed by atoms with Gasteiger partial charge in [-0.2, -0.15) is 0 Å². The normalized spacial score (nSPS) is 16.5. The first-order valence-corrected chi connectivity index (χ1v) is 9.71. The van der Waals surface area contributed by atoms with Crippen molar-refractivity contribution >= 4 is 10.0 Å². The van der Waals surface area contributed by atoms with Crippen LogP contribution in [0.3, 0.4) is 0 Å². The number of halogens is 1. The van der Waals surface area contributed by atoms with Gasteiger partial charge in [0.2, 0.25) is 10.0 Å². The lowest BCUT2D eigenvalue weighted by atomic mass is 10.1. The van der Waals surface area contributed by atoms with Crippen LogP contribution < -0.4 is 14.8 Å². The van der Waals surface area contributed by atoms with Crippen LogP contribution in [0.2, 0.25) is 0 Å². The predicted molar refractivity (Wildman–Crippen MR) is 92.8 cm³/mol. The maximum Gasteiger partial charge on any atom is 0.233 e. The van der Waals surface area contributed by atoms with E-state index in [2.05, 4.69) is 10.0 Å². The van der Waals surface area contributed by atoms with E-state index in [1.54, 1.807) is 32.2 Å². The van der Waals surface area contributed by atoms with Gasteiger partial charge in [-0.3, -0.25) is 0 Å². The monoisotopic (exact) mass is 356 g/mol. The Bertz CT molecular complexity index is 672. The molecule has 5 nitrogen and oxygen atoms in total. The number of hydrogen-bond acceptors (Lipinski definition) is 4. The van der Waals surface area contributed by atoms with Crippen molar-refractivity contribution < 1.29 is 17.5 Å². The molecule has 134 valence electrons. The Balaban J connectivity index is 1.98. The standard InChI is InChI=1S/C17H25FN2O3S/c1-13(20-24(21,22)10-4-3-9-19-2)15-7-8-16(18)17(11-15)23-12-14-5-6-14/h4,7-8,10-11,13-14,19-20H,3,5-6,9,12H2,1-2H3/b10-4+/t13-/m0/s1. The summed E-state index contributed by atoms with van der Waals surface area (Å²) in [5.74, 6) is 0.267. The topological polar surface area (TPSA) is 67.4 Å². The summed E-state index contributed by atoms with van der Waals surface area (Å²) >= 11 is 0. The fraction of sp³-hybridized carbons (Fsp3) is 0.529. The molecule has 1 aliphatic carbocycles. The molecule has 0 unspecified atom stereocenters. The second-order valence-corrected chi connectivity index (χ2v) is 7.69. The molecule has 1 fully saturated rings. The zero-order valence-electron chi connectivity index (χ0n) is 14.1. The minimum atomic E-state index is -3.54. The fourth-order valence-corrected chi connectivity index (χ4v) is 3.27. The van der Waals surface area contributed by atoms with Crippen LogP contribution in [0.1, 0.15) is 37.8 Å². The molecule has 0 spiro atoms. The van der Waals surface area contributed by atoms with Gasteiger partial charge in [0.1, 0.15) is 0 Å². The van der Waals surface area contributed by atoms with Crippen molar-refractivity contribution in [2.75, 3.05) is 20.2 Å². The first-order chi connectivity index (χ1) is 11.4. The number of ether oxygens (including phenoxy) is 1. The molecule has 0 heterocycles. The summed E-state index contributed by atoms with van der Waals surface area (Å²) in [6.45, 7) is 2.94. The number of hydrogen-bond donors (Lipinski definition) is 2.